The summed E-state index contributed by atoms with van der Waals surface area (Å²) < 4.78 is 15.6. The average Bonchev–Trinajstić information content (AvgIpc) is 2.87. The van der Waals surface area contributed by atoms with Crippen LogP contribution in [-0.4, -0.2) is 41.3 Å². The van der Waals surface area contributed by atoms with E-state index in [0.717, 1.165) is 6.08 Å². The Morgan fingerprint density at radius 2 is 1.39 bits per heavy atom. The minimum absolute atomic E-state index is 0.00644. The van der Waals surface area contributed by atoms with Crippen molar-refractivity contribution in [3.05, 3.63) is 101 Å². The molecule has 0 radical (unpaired) electrons. The first-order chi connectivity index (χ1) is 17.3. The van der Waals surface area contributed by atoms with Crippen LogP contribution in [0.5, 0.6) is 28.7 Å². The summed E-state index contributed by atoms with van der Waals surface area (Å²) in [6.45, 7) is 0. The number of phenolic OH excluding ortho intramolecular Hbond substituents is 2. The maximum atomic E-state index is 12.3. The Morgan fingerprint density at radius 1 is 0.750 bits per heavy atom. The maximum absolute atomic E-state index is 12.3. The summed E-state index contributed by atoms with van der Waals surface area (Å²) in [5.74, 6) is -1.00. The van der Waals surface area contributed by atoms with Crippen molar-refractivity contribution in [1.29, 1.82) is 0 Å². The molecule has 0 saturated heterocycles. The number of methoxy groups -OCH3 is 2. The molecule has 0 aliphatic rings. The molecule has 36 heavy (non-hydrogen) atoms. The van der Waals surface area contributed by atoms with Crippen LogP contribution >= 0.6 is 0 Å². The fraction of sp³-hybridized carbons (Fsp3) is 0.0714. The molecule has 0 aliphatic heterocycles. The number of benzene rings is 3. The summed E-state index contributed by atoms with van der Waals surface area (Å²) in [4.78, 5) is 24.6. The highest BCUT2D eigenvalue weighted by Crippen LogP contribution is 2.30. The van der Waals surface area contributed by atoms with Gasteiger partial charge in [0.25, 0.3) is 0 Å². The third-order valence-electron chi connectivity index (χ3n) is 4.89. The van der Waals surface area contributed by atoms with Crippen LogP contribution in [0.2, 0.25) is 0 Å². The number of hydrogen-bond acceptors (Lipinski definition) is 8. The molecule has 0 fully saturated rings. The smallest absolute Gasteiger partial charge is 0.347 e. The summed E-state index contributed by atoms with van der Waals surface area (Å²) in [5.41, 5.74) is 1.25. The Balaban J connectivity index is 1.67. The first-order valence-corrected chi connectivity index (χ1v) is 10.7. The zero-order valence-electron chi connectivity index (χ0n) is 19.5. The van der Waals surface area contributed by atoms with Gasteiger partial charge in [0, 0.05) is 6.08 Å². The van der Waals surface area contributed by atoms with Crippen molar-refractivity contribution in [3.63, 3.8) is 0 Å². The van der Waals surface area contributed by atoms with E-state index in [2.05, 4.69) is 0 Å². The van der Waals surface area contributed by atoms with Gasteiger partial charge in [-0.2, -0.15) is 0 Å². The first kappa shape index (κ1) is 25.6. The molecule has 0 spiro atoms. The number of carbonyl (C=O) groups excluding carboxylic acids is 2. The second kappa shape index (κ2) is 11.9. The number of phenols is 2. The molecule has 0 amide bonds. The van der Waals surface area contributed by atoms with Crippen molar-refractivity contribution in [1.82, 2.24) is 0 Å². The molecule has 8 heteroatoms. The molecule has 3 aromatic carbocycles. The topological polar surface area (TPSA) is 123 Å². The molecular formula is C28H24O8. The third-order valence-corrected chi connectivity index (χ3v) is 4.89. The molecule has 3 N–H and O–H groups in total. The van der Waals surface area contributed by atoms with Crippen LogP contribution in [0, 0.1) is 0 Å². The fourth-order valence-corrected chi connectivity index (χ4v) is 3.07. The summed E-state index contributed by atoms with van der Waals surface area (Å²) in [6.07, 6.45) is 6.72. The van der Waals surface area contributed by atoms with E-state index in [4.69, 9.17) is 14.2 Å². The molecule has 0 heterocycles. The van der Waals surface area contributed by atoms with Crippen LogP contribution in [0.15, 0.2) is 84.7 Å². The number of allylic oxidation sites excluding steroid dienone is 3. The molecule has 3 rings (SSSR count). The van der Waals surface area contributed by atoms with E-state index in [9.17, 15) is 24.9 Å². The number of aliphatic hydroxyl groups excluding tert-OH is 1. The number of aromatic hydroxyl groups is 2. The lowest BCUT2D eigenvalue weighted by Gasteiger charge is -2.10. The summed E-state index contributed by atoms with van der Waals surface area (Å²) >= 11 is 0. The quantitative estimate of drug-likeness (QED) is 0.125. The minimum atomic E-state index is -0.746. The van der Waals surface area contributed by atoms with Gasteiger partial charge in [0.15, 0.2) is 28.8 Å². The molecule has 0 unspecified atom stereocenters. The van der Waals surface area contributed by atoms with Crippen molar-refractivity contribution in [3.8, 4) is 28.7 Å². The fourth-order valence-electron chi connectivity index (χ4n) is 3.07. The number of para-hydroxylation sites is 1. The molecule has 0 aromatic heterocycles. The van der Waals surface area contributed by atoms with Gasteiger partial charge in [-0.15, -0.1) is 0 Å². The second-order valence-corrected chi connectivity index (χ2v) is 7.39. The number of ether oxygens (including phenoxy) is 3. The van der Waals surface area contributed by atoms with Gasteiger partial charge in [0.2, 0.25) is 0 Å². The Bertz CT molecular complexity index is 1350. The predicted octanol–water partition coefficient (Wildman–Crippen LogP) is 5.07. The van der Waals surface area contributed by atoms with Gasteiger partial charge >= 0.3 is 5.97 Å². The highest BCUT2D eigenvalue weighted by Gasteiger charge is 2.15. The first-order valence-electron chi connectivity index (χ1n) is 10.7. The van der Waals surface area contributed by atoms with Gasteiger partial charge in [-0.05, 0) is 59.7 Å². The molecular weight excluding hydrogens is 464 g/mol. The summed E-state index contributed by atoms with van der Waals surface area (Å²) in [7, 11) is 2.83. The number of esters is 1. The highest BCUT2D eigenvalue weighted by atomic mass is 16.6. The lowest BCUT2D eigenvalue weighted by Crippen LogP contribution is -2.09. The van der Waals surface area contributed by atoms with Crippen LogP contribution in [0.4, 0.5) is 0 Å². The Hall–Kier alpha value is -4.98. The van der Waals surface area contributed by atoms with Gasteiger partial charge < -0.3 is 29.5 Å². The van der Waals surface area contributed by atoms with Gasteiger partial charge in [-0.3, -0.25) is 4.79 Å². The molecule has 0 saturated carbocycles. The zero-order valence-corrected chi connectivity index (χ0v) is 19.5. The highest BCUT2D eigenvalue weighted by molar-refractivity contribution is 6.02. The van der Waals surface area contributed by atoms with Crippen LogP contribution in [0.25, 0.3) is 12.2 Å². The third kappa shape index (κ3) is 6.77. The van der Waals surface area contributed by atoms with Gasteiger partial charge in [0.05, 0.1) is 14.2 Å². The Morgan fingerprint density at radius 3 is 2.08 bits per heavy atom. The normalized spacial score (nSPS) is 11.6. The largest absolute Gasteiger partial charge is 0.508 e. The molecule has 3 aromatic rings. The van der Waals surface area contributed by atoms with Crippen molar-refractivity contribution in [2.24, 2.45) is 0 Å². The van der Waals surface area contributed by atoms with Gasteiger partial charge in [-0.1, -0.05) is 36.4 Å². The van der Waals surface area contributed by atoms with Gasteiger partial charge in [-0.25, -0.2) is 4.79 Å². The molecule has 0 atom stereocenters. The summed E-state index contributed by atoms with van der Waals surface area (Å²) in [6, 6.07) is 15.4. The zero-order chi connectivity index (χ0) is 26.1. The van der Waals surface area contributed by atoms with Crippen LogP contribution < -0.4 is 14.2 Å². The van der Waals surface area contributed by atoms with E-state index < -0.39 is 11.8 Å². The Labute approximate surface area is 207 Å². The number of aliphatic hydroxyl groups is 1. The SMILES string of the molecule is COc1cc(/C=C/C(O)=C/C(=O)/C=C/c2ccc(OC(=O)c3ccccc3O)c(OC)c2)ccc1O. The van der Waals surface area contributed by atoms with E-state index in [1.807, 2.05) is 0 Å². The van der Waals surface area contributed by atoms with Crippen LogP contribution in [0.1, 0.15) is 21.5 Å². The van der Waals surface area contributed by atoms with Crippen molar-refractivity contribution in [2.75, 3.05) is 14.2 Å². The second-order valence-electron chi connectivity index (χ2n) is 7.39. The van der Waals surface area contributed by atoms with E-state index in [1.54, 1.807) is 42.5 Å². The molecule has 0 aliphatic carbocycles. The van der Waals surface area contributed by atoms with Crippen LogP contribution in [-0.2, 0) is 4.79 Å². The van der Waals surface area contributed by atoms with Gasteiger partial charge in [0.1, 0.15) is 17.1 Å². The Kier molecular flexibility index (Phi) is 8.50. The molecule has 8 nitrogen and oxygen atoms in total. The lowest BCUT2D eigenvalue weighted by atomic mass is 10.1. The number of ketones is 1. The number of hydrogen-bond donors (Lipinski definition) is 3. The minimum Gasteiger partial charge on any atom is -0.508 e. The summed E-state index contributed by atoms with van der Waals surface area (Å²) in [5, 5.41) is 29.5. The molecule has 0 bridgehead atoms. The molecule has 184 valence electrons. The van der Waals surface area contributed by atoms with E-state index >= 15 is 0 Å². The van der Waals surface area contributed by atoms with E-state index in [-0.39, 0.29) is 40.1 Å². The number of rotatable bonds is 9. The van der Waals surface area contributed by atoms with E-state index in [1.165, 1.54) is 56.7 Å². The average molecular weight is 488 g/mol. The van der Waals surface area contributed by atoms with Crippen LogP contribution in [0.3, 0.4) is 0 Å². The maximum Gasteiger partial charge on any atom is 0.347 e. The monoisotopic (exact) mass is 488 g/mol. The number of carbonyl (C=O) groups is 2. The van der Waals surface area contributed by atoms with Crippen molar-refractivity contribution < 1.29 is 39.1 Å². The standard InChI is InChI=1S/C28H24O8/c1-34-26-15-18(9-13-24(26)32)7-11-20(29)17-21(30)12-8-19-10-14-25(27(16-19)35-2)36-28(33)22-5-3-4-6-23(22)31/h3-17,29,31-32H,1-2H3/b11-7+,12-8+,20-17-. The van der Waals surface area contributed by atoms with Crippen molar-refractivity contribution >= 4 is 23.9 Å². The van der Waals surface area contributed by atoms with Crippen molar-refractivity contribution in [2.45, 2.75) is 0 Å². The van der Waals surface area contributed by atoms with E-state index in [0.29, 0.717) is 11.1 Å². The predicted molar refractivity (Wildman–Crippen MR) is 135 cm³/mol. The lowest BCUT2D eigenvalue weighted by molar-refractivity contribution is -0.110.